The average Bonchev–Trinajstić information content (AvgIpc) is 2.92. The van der Waals surface area contributed by atoms with Crippen molar-refractivity contribution < 1.29 is 9.32 Å². The number of nitrogens with zero attached hydrogens (tertiary/aromatic N) is 2. The molecule has 0 bridgehead atoms. The maximum absolute atomic E-state index is 12.2. The van der Waals surface area contributed by atoms with Crippen LogP contribution in [0.1, 0.15) is 25.0 Å². The molecule has 5 heteroatoms. The first kappa shape index (κ1) is 13.8. The van der Waals surface area contributed by atoms with Crippen LogP contribution in [0.2, 0.25) is 0 Å². The zero-order valence-corrected chi connectivity index (χ0v) is 11.9. The van der Waals surface area contributed by atoms with E-state index in [0.29, 0.717) is 12.3 Å². The molecule has 0 spiro atoms. The van der Waals surface area contributed by atoms with E-state index < -0.39 is 0 Å². The predicted octanol–water partition coefficient (Wildman–Crippen LogP) is 2.18. The van der Waals surface area contributed by atoms with Crippen LogP contribution >= 0.6 is 0 Å². The van der Waals surface area contributed by atoms with Gasteiger partial charge in [0.15, 0.2) is 5.76 Å². The molecule has 0 radical (unpaired) electrons. The summed E-state index contributed by atoms with van der Waals surface area (Å²) >= 11 is 0. The Labute approximate surface area is 123 Å². The molecule has 2 heterocycles. The lowest BCUT2D eigenvalue weighted by atomic mass is 10.1. The van der Waals surface area contributed by atoms with Crippen molar-refractivity contribution in [1.29, 1.82) is 0 Å². The van der Waals surface area contributed by atoms with Gasteiger partial charge in [-0.1, -0.05) is 35.5 Å². The highest BCUT2D eigenvalue weighted by Crippen LogP contribution is 2.20. The van der Waals surface area contributed by atoms with Crippen LogP contribution in [0.4, 0.5) is 0 Å². The van der Waals surface area contributed by atoms with E-state index in [1.54, 1.807) is 4.90 Å². The van der Waals surface area contributed by atoms with Gasteiger partial charge in [-0.3, -0.25) is 4.79 Å². The van der Waals surface area contributed by atoms with Crippen LogP contribution in [0.3, 0.4) is 0 Å². The normalized spacial score (nSPS) is 19.6. The van der Waals surface area contributed by atoms with Gasteiger partial charge >= 0.3 is 0 Å². The molecule has 1 atom stereocenters. The number of carbonyl (C=O) groups excluding carboxylic acids is 1. The summed E-state index contributed by atoms with van der Waals surface area (Å²) in [6.45, 7) is 1.17. The predicted molar refractivity (Wildman–Crippen MR) is 79.2 cm³/mol. The molecule has 0 saturated carbocycles. The number of benzene rings is 1. The minimum atomic E-state index is -0.385. The van der Waals surface area contributed by atoms with E-state index in [4.69, 9.17) is 10.3 Å². The molecule has 21 heavy (non-hydrogen) atoms. The molecule has 1 aliphatic rings. The Balaban J connectivity index is 1.73. The number of aromatic nitrogens is 1. The molecule has 1 aromatic carbocycles. The lowest BCUT2D eigenvalue weighted by Gasteiger charge is -2.20. The summed E-state index contributed by atoms with van der Waals surface area (Å²) in [6, 6.07) is 11.3. The second-order valence-electron chi connectivity index (χ2n) is 5.41. The first-order valence-electron chi connectivity index (χ1n) is 7.29. The Hall–Kier alpha value is -2.14. The Morgan fingerprint density at radius 2 is 2.10 bits per heavy atom. The van der Waals surface area contributed by atoms with Crippen molar-refractivity contribution >= 4 is 5.91 Å². The third-order valence-electron chi connectivity index (χ3n) is 3.80. The molecule has 1 fully saturated rings. The summed E-state index contributed by atoms with van der Waals surface area (Å²) in [7, 11) is 0. The Morgan fingerprint density at radius 1 is 1.29 bits per heavy atom. The summed E-state index contributed by atoms with van der Waals surface area (Å²) in [5, 5.41) is 4.08. The Bertz CT molecular complexity index is 609. The van der Waals surface area contributed by atoms with Crippen LogP contribution in [-0.4, -0.2) is 28.6 Å². The van der Waals surface area contributed by atoms with E-state index in [1.165, 1.54) is 0 Å². The maximum atomic E-state index is 12.2. The van der Waals surface area contributed by atoms with Gasteiger partial charge in [0.2, 0.25) is 5.91 Å². The topological polar surface area (TPSA) is 72.4 Å². The molecule has 1 amide bonds. The minimum Gasteiger partial charge on any atom is -0.359 e. The molecule has 5 nitrogen and oxygen atoms in total. The number of rotatable bonds is 3. The zero-order chi connectivity index (χ0) is 14.7. The lowest BCUT2D eigenvalue weighted by Crippen LogP contribution is -2.41. The van der Waals surface area contributed by atoms with Crippen LogP contribution in [0.5, 0.6) is 0 Å². The Morgan fingerprint density at radius 3 is 2.90 bits per heavy atom. The van der Waals surface area contributed by atoms with Crippen LogP contribution in [0, 0.1) is 0 Å². The molecule has 1 saturated heterocycles. The lowest BCUT2D eigenvalue weighted by molar-refractivity contribution is -0.132. The summed E-state index contributed by atoms with van der Waals surface area (Å²) in [6.07, 6.45) is 2.75. The number of nitrogens with two attached hydrogens (primary N) is 1. The minimum absolute atomic E-state index is 0.00478. The van der Waals surface area contributed by atoms with Gasteiger partial charge in [0.1, 0.15) is 5.69 Å². The van der Waals surface area contributed by atoms with E-state index in [9.17, 15) is 4.79 Å². The molecule has 1 aromatic heterocycles. The van der Waals surface area contributed by atoms with Gasteiger partial charge < -0.3 is 15.2 Å². The first-order valence-corrected chi connectivity index (χ1v) is 7.29. The summed E-state index contributed by atoms with van der Waals surface area (Å²) in [5.74, 6) is 0.696. The fourth-order valence-electron chi connectivity index (χ4n) is 2.61. The number of hydrogen-bond donors (Lipinski definition) is 1. The molecule has 0 unspecified atom stereocenters. The quantitative estimate of drug-likeness (QED) is 0.938. The summed E-state index contributed by atoms with van der Waals surface area (Å²) in [4.78, 5) is 13.9. The monoisotopic (exact) mass is 285 g/mol. The van der Waals surface area contributed by atoms with Gasteiger partial charge in [-0.05, 0) is 19.3 Å². The van der Waals surface area contributed by atoms with Crippen LogP contribution in [0.15, 0.2) is 40.9 Å². The first-order chi connectivity index (χ1) is 10.2. The molecule has 3 rings (SSSR count). The smallest absolute Gasteiger partial charge is 0.239 e. The van der Waals surface area contributed by atoms with Crippen molar-refractivity contribution in [2.75, 3.05) is 6.54 Å². The zero-order valence-electron chi connectivity index (χ0n) is 11.9. The number of likely N-dealkylation sites (tertiary alicyclic amines) is 1. The SMILES string of the molecule is N[C@H]1CCCCN(Cc2cc(-c3ccccc3)no2)C1=O. The van der Waals surface area contributed by atoms with E-state index in [-0.39, 0.29) is 11.9 Å². The highest BCUT2D eigenvalue weighted by atomic mass is 16.5. The van der Waals surface area contributed by atoms with Crippen molar-refractivity contribution in [3.63, 3.8) is 0 Å². The highest BCUT2D eigenvalue weighted by molar-refractivity contribution is 5.81. The van der Waals surface area contributed by atoms with Crippen molar-refractivity contribution in [3.8, 4) is 11.3 Å². The average molecular weight is 285 g/mol. The van der Waals surface area contributed by atoms with Crippen molar-refractivity contribution in [2.24, 2.45) is 5.73 Å². The number of carbonyl (C=O) groups is 1. The fraction of sp³-hybridized carbons (Fsp3) is 0.375. The summed E-state index contributed by atoms with van der Waals surface area (Å²) in [5.41, 5.74) is 7.68. The van der Waals surface area contributed by atoms with Crippen molar-refractivity contribution in [1.82, 2.24) is 10.1 Å². The van der Waals surface area contributed by atoms with Gasteiger partial charge in [0.05, 0.1) is 12.6 Å². The van der Waals surface area contributed by atoms with Crippen LogP contribution in [0.25, 0.3) is 11.3 Å². The standard InChI is InChI=1S/C16H19N3O2/c17-14-8-4-5-9-19(16(14)20)11-13-10-15(18-21-13)12-6-2-1-3-7-12/h1-3,6-7,10,14H,4-5,8-9,11,17H2/t14-/m0/s1. The highest BCUT2D eigenvalue weighted by Gasteiger charge is 2.24. The third kappa shape index (κ3) is 3.13. The molecule has 2 aromatic rings. The van der Waals surface area contributed by atoms with E-state index >= 15 is 0 Å². The van der Waals surface area contributed by atoms with Crippen LogP contribution in [-0.2, 0) is 11.3 Å². The van der Waals surface area contributed by atoms with Crippen molar-refractivity contribution in [2.45, 2.75) is 31.8 Å². The van der Waals surface area contributed by atoms with Gasteiger partial charge in [-0.15, -0.1) is 0 Å². The summed E-state index contributed by atoms with van der Waals surface area (Å²) < 4.78 is 5.36. The fourth-order valence-corrected chi connectivity index (χ4v) is 2.61. The number of amides is 1. The molecular weight excluding hydrogens is 266 g/mol. The molecule has 1 aliphatic heterocycles. The second-order valence-corrected chi connectivity index (χ2v) is 5.41. The van der Waals surface area contributed by atoms with Crippen molar-refractivity contribution in [3.05, 3.63) is 42.2 Å². The number of hydrogen-bond acceptors (Lipinski definition) is 4. The van der Waals surface area contributed by atoms with Crippen LogP contribution < -0.4 is 5.73 Å². The van der Waals surface area contributed by atoms with Gasteiger partial charge in [0.25, 0.3) is 0 Å². The third-order valence-corrected chi connectivity index (χ3v) is 3.80. The van der Waals surface area contributed by atoms with Gasteiger partial charge in [-0.2, -0.15) is 0 Å². The molecule has 110 valence electrons. The Kier molecular flexibility index (Phi) is 4.01. The van der Waals surface area contributed by atoms with E-state index in [1.807, 2.05) is 36.4 Å². The second kappa shape index (κ2) is 6.10. The largest absolute Gasteiger partial charge is 0.359 e. The molecular formula is C16H19N3O2. The molecule has 0 aliphatic carbocycles. The maximum Gasteiger partial charge on any atom is 0.239 e. The van der Waals surface area contributed by atoms with Gasteiger partial charge in [-0.25, -0.2) is 0 Å². The van der Waals surface area contributed by atoms with E-state index in [2.05, 4.69) is 5.16 Å². The van der Waals surface area contributed by atoms with Gasteiger partial charge in [0, 0.05) is 18.2 Å². The van der Waals surface area contributed by atoms with E-state index in [0.717, 1.165) is 37.1 Å². The molecule has 2 N–H and O–H groups in total.